The van der Waals surface area contributed by atoms with E-state index in [0.717, 1.165) is 16.2 Å². The minimum atomic E-state index is -0.460. The van der Waals surface area contributed by atoms with Crippen LogP contribution < -0.4 is 4.90 Å². The van der Waals surface area contributed by atoms with Crippen LogP contribution in [0, 0.1) is 6.92 Å². The van der Waals surface area contributed by atoms with Gasteiger partial charge in [-0.1, -0.05) is 17.0 Å². The van der Waals surface area contributed by atoms with Crippen molar-refractivity contribution in [2.75, 3.05) is 4.90 Å². The Kier molecular flexibility index (Phi) is 4.75. The average molecular weight is 484 g/mol. The van der Waals surface area contributed by atoms with Crippen molar-refractivity contribution >= 4 is 34.4 Å². The number of anilines is 1. The summed E-state index contributed by atoms with van der Waals surface area (Å²) in [6.45, 7) is 1.38. The Hall–Kier alpha value is -1.62. The molecule has 1 aromatic carbocycles. The molecule has 1 aliphatic heterocycles. The molecule has 22 heavy (non-hydrogen) atoms. The molecule has 0 saturated carbocycles. The molecular weight excluding hydrogens is 474 g/mol. The first-order valence-corrected chi connectivity index (χ1v) is 7.01. The molecule has 0 spiro atoms. The monoisotopic (exact) mass is 484 g/mol. The second-order valence-electron chi connectivity index (χ2n) is 4.57. The van der Waals surface area contributed by atoms with E-state index in [-0.39, 0.29) is 38.2 Å². The minimum absolute atomic E-state index is 0. The number of hydrogen-bond acceptors (Lipinski definition) is 5. The molecule has 3 rings (SSSR count). The van der Waals surface area contributed by atoms with Gasteiger partial charge >= 0.3 is 0 Å². The summed E-state index contributed by atoms with van der Waals surface area (Å²) in [5.41, 5.74) is 1.11. The van der Waals surface area contributed by atoms with Crippen molar-refractivity contribution in [3.05, 3.63) is 51.4 Å². The fraction of sp³-hybridized carbons (Fsp3) is 0.133. The Morgan fingerprint density at radius 1 is 1.18 bits per heavy atom. The summed E-state index contributed by atoms with van der Waals surface area (Å²) in [5.74, 6) is -0.921. The first-order chi connectivity index (χ1) is 10.1. The van der Waals surface area contributed by atoms with Gasteiger partial charge in [-0.15, -0.1) is 11.1 Å². The Bertz CT molecular complexity index is 749. The maximum atomic E-state index is 12.4. The Labute approximate surface area is 144 Å². The molecule has 7 heteroatoms. The number of hydrogen-bond donors (Lipinski definition) is 1. The van der Waals surface area contributed by atoms with Crippen molar-refractivity contribution in [2.45, 2.75) is 13.5 Å². The molecule has 1 N–H and O–H groups in total. The van der Waals surface area contributed by atoms with Crippen LogP contribution in [0.2, 0.25) is 0 Å². The number of fused-ring (bicyclic) bond motifs is 1. The molecule has 2 amide bonds. The maximum Gasteiger partial charge on any atom is 0.255 e. The van der Waals surface area contributed by atoms with Crippen LogP contribution in [0.15, 0.2) is 24.3 Å². The van der Waals surface area contributed by atoms with Crippen LogP contribution in [0.1, 0.15) is 36.7 Å². The van der Waals surface area contributed by atoms with Gasteiger partial charge in [-0.25, -0.2) is 11.3 Å². The standard InChI is InChI=1S/C15H10NO4S.W/c1-8-11(6-17)12(7-18)15(21-8)16-13(19)9-4-2-3-5-10(9)14(16)20;/h2-5,17H,6H2,1H3;/q-1;. The van der Waals surface area contributed by atoms with Crippen LogP contribution in [0.5, 0.6) is 0 Å². The molecule has 0 unspecified atom stereocenters. The zero-order chi connectivity index (χ0) is 15.1. The largest absolute Gasteiger partial charge is 0.404 e. The first kappa shape index (κ1) is 16.7. The van der Waals surface area contributed by atoms with Crippen LogP contribution in [0.3, 0.4) is 0 Å². The van der Waals surface area contributed by atoms with E-state index in [1.165, 1.54) is 0 Å². The van der Waals surface area contributed by atoms with Gasteiger partial charge in [0.05, 0.1) is 17.4 Å². The summed E-state index contributed by atoms with van der Waals surface area (Å²) in [4.78, 5) is 37.7. The Morgan fingerprint density at radius 2 is 1.73 bits per heavy atom. The van der Waals surface area contributed by atoms with Gasteiger partial charge in [-0.3, -0.25) is 14.5 Å². The smallest absolute Gasteiger partial charge is 0.255 e. The molecule has 1 aromatic heterocycles. The molecule has 5 nitrogen and oxygen atoms in total. The fourth-order valence-corrected chi connectivity index (χ4v) is 3.49. The number of aliphatic hydroxyl groups excluding tert-OH is 1. The van der Waals surface area contributed by atoms with Gasteiger partial charge in [0.2, 0.25) is 0 Å². The molecule has 1 aliphatic rings. The van der Waals surface area contributed by atoms with Gasteiger partial charge in [0, 0.05) is 32.7 Å². The van der Waals surface area contributed by atoms with Gasteiger partial charge in [0.15, 0.2) is 0 Å². The Morgan fingerprint density at radius 3 is 2.18 bits per heavy atom. The van der Waals surface area contributed by atoms with Crippen LogP contribution in [0.25, 0.3) is 0 Å². The van der Waals surface area contributed by atoms with Crippen molar-refractivity contribution in [1.29, 1.82) is 0 Å². The van der Waals surface area contributed by atoms with E-state index >= 15 is 0 Å². The predicted octanol–water partition coefficient (Wildman–Crippen LogP) is 1.80. The van der Waals surface area contributed by atoms with Crippen molar-refractivity contribution in [2.24, 2.45) is 0 Å². The SMILES string of the molecule is Cc1sc(N2C(=O)c3ccccc3C2=O)c([C-]=O)c1CO.[W]. The van der Waals surface area contributed by atoms with E-state index in [9.17, 15) is 19.5 Å². The zero-order valence-corrected chi connectivity index (χ0v) is 15.2. The number of benzene rings is 1. The third-order valence-corrected chi connectivity index (χ3v) is 4.58. The van der Waals surface area contributed by atoms with E-state index in [1.807, 2.05) is 0 Å². The number of thiophene rings is 1. The number of imide groups is 1. The van der Waals surface area contributed by atoms with Gasteiger partial charge in [0.1, 0.15) is 0 Å². The van der Waals surface area contributed by atoms with E-state index in [1.54, 1.807) is 37.5 Å². The van der Waals surface area contributed by atoms with E-state index in [0.29, 0.717) is 21.6 Å². The number of rotatable bonds is 3. The molecule has 2 heterocycles. The van der Waals surface area contributed by atoms with Crippen molar-refractivity contribution in [3.63, 3.8) is 0 Å². The summed E-state index contributed by atoms with van der Waals surface area (Å²) in [7, 11) is 0. The number of aliphatic hydroxyl groups is 1. The van der Waals surface area contributed by atoms with E-state index < -0.39 is 11.8 Å². The quantitative estimate of drug-likeness (QED) is 0.533. The molecular formula is C15H10NO4SW-. The molecule has 0 atom stereocenters. The summed E-state index contributed by atoms with van der Waals surface area (Å²) >= 11 is 1.13. The van der Waals surface area contributed by atoms with Crippen LogP contribution in [0.4, 0.5) is 5.00 Å². The summed E-state index contributed by atoms with van der Waals surface area (Å²) in [6.07, 6.45) is 1.74. The molecule has 0 radical (unpaired) electrons. The number of carbonyl (C=O) groups is 2. The normalized spacial score (nSPS) is 13.1. The summed E-state index contributed by atoms with van der Waals surface area (Å²) in [6, 6.07) is 6.51. The van der Waals surface area contributed by atoms with Crippen molar-refractivity contribution < 1.29 is 40.6 Å². The van der Waals surface area contributed by atoms with E-state index in [4.69, 9.17) is 0 Å². The number of carbonyl (C=O) groups excluding carboxylic acids is 3. The number of nitrogens with zero attached hydrogens (tertiary/aromatic N) is 1. The van der Waals surface area contributed by atoms with E-state index in [2.05, 4.69) is 0 Å². The van der Waals surface area contributed by atoms with Crippen LogP contribution >= 0.6 is 11.3 Å². The maximum absolute atomic E-state index is 12.4. The summed E-state index contributed by atoms with van der Waals surface area (Å²) in [5, 5.41) is 9.55. The average Bonchev–Trinajstić information content (AvgIpc) is 2.94. The predicted molar refractivity (Wildman–Crippen MR) is 77.4 cm³/mol. The molecule has 0 fully saturated rings. The third-order valence-electron chi connectivity index (χ3n) is 3.45. The molecule has 0 saturated heterocycles. The second-order valence-corrected chi connectivity index (χ2v) is 5.77. The van der Waals surface area contributed by atoms with Crippen molar-refractivity contribution in [1.82, 2.24) is 0 Å². The summed E-state index contributed by atoms with van der Waals surface area (Å²) < 4.78 is 0. The minimum Gasteiger partial charge on any atom is -0.404 e. The van der Waals surface area contributed by atoms with Gasteiger partial charge in [-0.05, 0) is 19.1 Å². The van der Waals surface area contributed by atoms with Gasteiger partial charge in [0.25, 0.3) is 11.8 Å². The molecule has 0 bridgehead atoms. The first-order valence-electron chi connectivity index (χ1n) is 6.19. The van der Waals surface area contributed by atoms with Gasteiger partial charge < -0.3 is 9.90 Å². The molecule has 112 valence electrons. The molecule has 0 aliphatic carbocycles. The van der Waals surface area contributed by atoms with Gasteiger partial charge in [-0.2, -0.15) is 0 Å². The third kappa shape index (κ3) is 2.28. The van der Waals surface area contributed by atoms with Crippen molar-refractivity contribution in [3.8, 4) is 0 Å². The Balaban J connectivity index is 0.00000176. The second kappa shape index (κ2) is 6.24. The van der Waals surface area contributed by atoms with Crippen LogP contribution in [-0.4, -0.2) is 23.2 Å². The number of aryl methyl sites for hydroxylation is 1. The van der Waals surface area contributed by atoms with Crippen LogP contribution in [-0.2, 0) is 32.5 Å². The molecule has 2 aromatic rings. The zero-order valence-electron chi connectivity index (χ0n) is 11.5. The fourth-order valence-electron chi connectivity index (χ4n) is 2.39. The number of amides is 2. The topological polar surface area (TPSA) is 74.7 Å².